The molecule has 0 aliphatic carbocycles. The molecule has 0 aliphatic rings. The molecule has 0 atom stereocenters. The molecule has 0 saturated carbocycles. The average Bonchev–Trinajstić information content (AvgIpc) is 2.73. The van der Waals surface area contributed by atoms with Crippen molar-refractivity contribution >= 4 is 35.3 Å². The first-order valence-electron chi connectivity index (χ1n) is 8.72. The number of aryl methyl sites for hydroxylation is 1. The van der Waals surface area contributed by atoms with Crippen LogP contribution in [0.5, 0.6) is 0 Å². The van der Waals surface area contributed by atoms with E-state index in [0.29, 0.717) is 23.5 Å². The zero-order valence-corrected chi connectivity index (χ0v) is 15.5. The van der Waals surface area contributed by atoms with Crippen LogP contribution in [0.4, 0.5) is 17.1 Å². The smallest absolute Gasteiger partial charge is 0.211 e. The van der Waals surface area contributed by atoms with Gasteiger partial charge in [-0.15, -0.1) is 0 Å². The van der Waals surface area contributed by atoms with Crippen molar-refractivity contribution in [1.29, 1.82) is 0 Å². The van der Waals surface area contributed by atoms with Crippen molar-refractivity contribution in [1.82, 2.24) is 0 Å². The number of hydrogen-bond donors (Lipinski definition) is 0. The first-order valence-corrected chi connectivity index (χ1v) is 8.72. The molecule has 0 fully saturated rings. The third-order valence-electron chi connectivity index (χ3n) is 4.49. The van der Waals surface area contributed by atoms with Gasteiger partial charge in [-0.2, -0.15) is 15.0 Å². The lowest BCUT2D eigenvalue weighted by molar-refractivity contribution is 0.564. The maximum absolute atomic E-state index is 11.1. The average molecular weight is 381 g/mol. The first-order chi connectivity index (χ1) is 14.2. The van der Waals surface area contributed by atoms with E-state index >= 15 is 0 Å². The van der Waals surface area contributed by atoms with E-state index in [9.17, 15) is 14.4 Å². The number of carbonyl (C=O) groups excluding carboxylic acids is 3. The molecular weight excluding hydrogens is 366 g/mol. The van der Waals surface area contributed by atoms with Gasteiger partial charge in [0, 0.05) is 12.0 Å². The highest BCUT2D eigenvalue weighted by Gasteiger charge is 2.16. The Balaban J connectivity index is 2.20. The highest BCUT2D eigenvalue weighted by molar-refractivity contribution is 5.83. The van der Waals surface area contributed by atoms with E-state index in [-0.39, 0.29) is 0 Å². The van der Waals surface area contributed by atoms with Crippen molar-refractivity contribution < 1.29 is 14.4 Å². The summed E-state index contributed by atoms with van der Waals surface area (Å²) >= 11 is 0. The first kappa shape index (κ1) is 19.6. The van der Waals surface area contributed by atoms with Gasteiger partial charge in [-0.25, -0.2) is 14.4 Å². The summed E-state index contributed by atoms with van der Waals surface area (Å²) in [5, 5.41) is 0. The Hall–Kier alpha value is -4.20. The molecule has 3 aromatic rings. The summed E-state index contributed by atoms with van der Waals surface area (Å²) in [6.45, 7) is 1.86. The van der Waals surface area contributed by atoms with Crippen LogP contribution in [0.3, 0.4) is 0 Å². The Bertz CT molecular complexity index is 1200. The van der Waals surface area contributed by atoms with Gasteiger partial charge in [0.1, 0.15) is 0 Å². The molecule has 0 unspecified atom stereocenters. The van der Waals surface area contributed by atoms with E-state index in [1.807, 2.05) is 43.3 Å². The Kier molecular flexibility index (Phi) is 6.16. The van der Waals surface area contributed by atoms with Gasteiger partial charge in [0.2, 0.25) is 18.2 Å². The van der Waals surface area contributed by atoms with Crippen molar-refractivity contribution in [3.05, 3.63) is 77.4 Å². The molecule has 140 valence electrons. The second-order valence-corrected chi connectivity index (χ2v) is 6.23. The third-order valence-corrected chi connectivity index (χ3v) is 4.49. The van der Waals surface area contributed by atoms with E-state index in [0.717, 1.165) is 27.8 Å². The highest BCUT2D eigenvalue weighted by Crippen LogP contribution is 2.39. The lowest BCUT2D eigenvalue weighted by Gasteiger charge is -2.15. The summed E-state index contributed by atoms with van der Waals surface area (Å²) in [5.74, 6) is 0. The van der Waals surface area contributed by atoms with Crippen LogP contribution in [-0.2, 0) is 20.8 Å². The van der Waals surface area contributed by atoms with Crippen LogP contribution >= 0.6 is 0 Å². The summed E-state index contributed by atoms with van der Waals surface area (Å²) < 4.78 is 0. The predicted octanol–water partition coefficient (Wildman–Crippen LogP) is 5.15. The van der Waals surface area contributed by atoms with Crippen LogP contribution in [0.1, 0.15) is 16.7 Å². The Labute approximate surface area is 167 Å². The van der Waals surface area contributed by atoms with Gasteiger partial charge in [-0.1, -0.05) is 42.5 Å². The monoisotopic (exact) mass is 381 g/mol. The molecule has 0 heterocycles. The van der Waals surface area contributed by atoms with E-state index in [2.05, 4.69) is 15.0 Å². The minimum atomic E-state index is 0.460. The normalized spacial score (nSPS) is 9.69. The third kappa shape index (κ3) is 4.38. The van der Waals surface area contributed by atoms with Crippen LogP contribution in [0.15, 0.2) is 75.6 Å². The topological polar surface area (TPSA) is 88.3 Å². The number of para-hydroxylation sites is 1. The summed E-state index contributed by atoms with van der Waals surface area (Å²) in [4.78, 5) is 43.6. The second-order valence-electron chi connectivity index (χ2n) is 6.23. The summed E-state index contributed by atoms with van der Waals surface area (Å²) in [7, 11) is 0. The van der Waals surface area contributed by atoms with Crippen LogP contribution in [0.2, 0.25) is 0 Å². The minimum absolute atomic E-state index is 0.460. The fraction of sp³-hybridized carbons (Fsp3) is 0.0870. The van der Waals surface area contributed by atoms with E-state index in [1.54, 1.807) is 36.4 Å². The quantitative estimate of drug-likeness (QED) is 0.437. The molecular formula is C23H15N3O3. The Morgan fingerprint density at radius 2 is 1.41 bits per heavy atom. The predicted molar refractivity (Wildman–Crippen MR) is 109 cm³/mol. The lowest BCUT2D eigenvalue weighted by atomic mass is 9.90. The van der Waals surface area contributed by atoms with Crippen LogP contribution < -0.4 is 0 Å². The number of aliphatic imine (C=N–C) groups is 3. The summed E-state index contributed by atoms with van der Waals surface area (Å²) in [6.07, 6.45) is 5.18. The molecule has 0 N–H and O–H groups in total. The highest BCUT2D eigenvalue weighted by atomic mass is 16.1. The Morgan fingerprint density at radius 3 is 2.10 bits per heavy atom. The number of isocyanates is 3. The van der Waals surface area contributed by atoms with Crippen LogP contribution in [0.25, 0.3) is 11.1 Å². The fourth-order valence-corrected chi connectivity index (χ4v) is 3.18. The van der Waals surface area contributed by atoms with Crippen molar-refractivity contribution in [3.63, 3.8) is 0 Å². The van der Waals surface area contributed by atoms with Gasteiger partial charge in [-0.05, 0) is 47.4 Å². The van der Waals surface area contributed by atoms with E-state index < -0.39 is 0 Å². The van der Waals surface area contributed by atoms with Gasteiger partial charge in [0.15, 0.2) is 0 Å². The number of rotatable bonds is 6. The van der Waals surface area contributed by atoms with E-state index in [1.165, 1.54) is 6.08 Å². The summed E-state index contributed by atoms with van der Waals surface area (Å²) in [5.41, 5.74) is 5.59. The summed E-state index contributed by atoms with van der Waals surface area (Å²) in [6, 6.07) is 18.1. The molecule has 0 bridgehead atoms. The van der Waals surface area contributed by atoms with Crippen molar-refractivity contribution in [2.24, 2.45) is 15.0 Å². The van der Waals surface area contributed by atoms with Crippen LogP contribution in [-0.4, -0.2) is 18.2 Å². The zero-order chi connectivity index (χ0) is 20.6. The van der Waals surface area contributed by atoms with Gasteiger partial charge in [0.25, 0.3) is 0 Å². The molecule has 29 heavy (non-hydrogen) atoms. The fourth-order valence-electron chi connectivity index (χ4n) is 3.18. The molecule has 0 spiro atoms. The molecule has 0 aliphatic heterocycles. The van der Waals surface area contributed by atoms with Gasteiger partial charge >= 0.3 is 0 Å². The van der Waals surface area contributed by atoms with Crippen molar-refractivity contribution in [3.8, 4) is 11.1 Å². The number of benzene rings is 3. The molecule has 6 heteroatoms. The molecule has 0 radical (unpaired) electrons. The number of nitrogens with zero attached hydrogens (tertiary/aromatic N) is 3. The molecule has 0 saturated heterocycles. The molecule has 0 amide bonds. The minimum Gasteiger partial charge on any atom is -0.211 e. The molecule has 3 rings (SSSR count). The maximum atomic E-state index is 11.1. The van der Waals surface area contributed by atoms with Gasteiger partial charge < -0.3 is 0 Å². The Morgan fingerprint density at radius 1 is 0.724 bits per heavy atom. The largest absolute Gasteiger partial charge is 0.240 e. The second kappa shape index (κ2) is 9.14. The SMILES string of the molecule is Cc1ccc(-c2ccccc2N=C=O)c(Cc2ccc(N=C=O)cc2)c1N=C=O. The standard InChI is InChI=1S/C23H15N3O3/c1-16-6-11-19(20-4-2-3-5-22(20)25-14-28)21(23(16)26-15-29)12-17-7-9-18(10-8-17)24-13-27/h2-11H,12H2,1H3. The van der Waals surface area contributed by atoms with Crippen molar-refractivity contribution in [2.45, 2.75) is 13.3 Å². The van der Waals surface area contributed by atoms with Gasteiger partial charge in [-0.3, -0.25) is 0 Å². The van der Waals surface area contributed by atoms with E-state index in [4.69, 9.17) is 0 Å². The van der Waals surface area contributed by atoms with Crippen LogP contribution in [0, 0.1) is 6.92 Å². The maximum Gasteiger partial charge on any atom is 0.240 e. The van der Waals surface area contributed by atoms with Gasteiger partial charge in [0.05, 0.1) is 17.1 Å². The number of hydrogen-bond acceptors (Lipinski definition) is 6. The van der Waals surface area contributed by atoms with Crippen molar-refractivity contribution in [2.75, 3.05) is 0 Å². The lowest BCUT2D eigenvalue weighted by Crippen LogP contribution is -1.96. The zero-order valence-electron chi connectivity index (χ0n) is 15.5. The molecule has 0 aromatic heterocycles. The molecule has 3 aromatic carbocycles. The molecule has 6 nitrogen and oxygen atoms in total.